The molecule has 1 N–H and O–H groups in total. The molecular weight excluding hydrogens is 319 g/mol. The Hall–Kier alpha value is -3.28. The van der Waals surface area contributed by atoms with Crippen LogP contribution in [0.15, 0.2) is 65.5 Å². The molecule has 4 aromatic rings. The largest absolute Gasteiger partial charge is 0.275 e. The molecule has 25 heavy (non-hydrogen) atoms. The fraction of sp³-hybridized carbons (Fsp3) is 0.105. The van der Waals surface area contributed by atoms with Crippen molar-refractivity contribution in [3.05, 3.63) is 99.5 Å². The molecule has 0 aliphatic rings. The van der Waals surface area contributed by atoms with Crippen LogP contribution in [-0.2, 0) is 12.8 Å². The van der Waals surface area contributed by atoms with E-state index in [0.29, 0.717) is 30.1 Å². The van der Waals surface area contributed by atoms with E-state index >= 15 is 0 Å². The van der Waals surface area contributed by atoms with Gasteiger partial charge in [-0.15, -0.1) is 0 Å². The lowest BCUT2D eigenvalue weighted by Crippen LogP contribution is -2.16. The quantitative estimate of drug-likeness (QED) is 0.624. The number of nitrogens with zero attached hydrogens (tertiary/aromatic N) is 3. The Balaban J connectivity index is 1.64. The number of H-pyrrole nitrogens is 1. The highest BCUT2D eigenvalue weighted by Gasteiger charge is 2.09. The summed E-state index contributed by atoms with van der Waals surface area (Å²) >= 11 is 0. The maximum atomic E-state index is 13.0. The van der Waals surface area contributed by atoms with Gasteiger partial charge in [-0.3, -0.25) is 9.89 Å². The molecule has 2 aromatic carbocycles. The SMILES string of the molecule is O=c1cc(Cc2ccccc2)nc2nc(Cc3ccc(F)cc3)[nH]n12. The highest BCUT2D eigenvalue weighted by atomic mass is 19.1. The Morgan fingerprint density at radius 2 is 1.64 bits per heavy atom. The van der Waals surface area contributed by atoms with E-state index in [9.17, 15) is 9.18 Å². The van der Waals surface area contributed by atoms with Gasteiger partial charge in [-0.25, -0.2) is 9.37 Å². The van der Waals surface area contributed by atoms with Crippen molar-refractivity contribution in [1.82, 2.24) is 19.6 Å². The molecule has 0 fully saturated rings. The third-order valence-electron chi connectivity index (χ3n) is 3.94. The van der Waals surface area contributed by atoms with Gasteiger partial charge < -0.3 is 0 Å². The minimum atomic E-state index is -0.281. The topological polar surface area (TPSA) is 63.0 Å². The standard InChI is InChI=1S/C19H15FN4O/c20-15-8-6-14(7-9-15)11-17-22-19-21-16(12-18(25)24(19)23-17)10-13-4-2-1-3-5-13/h1-9,12H,10-11H2,(H,21,22,23). The summed E-state index contributed by atoms with van der Waals surface area (Å²) in [5, 5.41) is 2.95. The van der Waals surface area contributed by atoms with Gasteiger partial charge in [0.15, 0.2) is 0 Å². The van der Waals surface area contributed by atoms with Crippen LogP contribution >= 0.6 is 0 Å². The molecule has 6 heteroatoms. The first-order chi connectivity index (χ1) is 12.2. The van der Waals surface area contributed by atoms with E-state index in [-0.39, 0.29) is 11.4 Å². The number of hydrogen-bond acceptors (Lipinski definition) is 3. The fourth-order valence-electron chi connectivity index (χ4n) is 2.74. The zero-order valence-corrected chi connectivity index (χ0v) is 13.3. The average molecular weight is 334 g/mol. The first kappa shape index (κ1) is 15.3. The van der Waals surface area contributed by atoms with Crippen LogP contribution in [-0.4, -0.2) is 19.6 Å². The summed E-state index contributed by atoms with van der Waals surface area (Å²) in [7, 11) is 0. The zero-order chi connectivity index (χ0) is 17.2. The van der Waals surface area contributed by atoms with E-state index in [2.05, 4.69) is 15.1 Å². The molecule has 0 aliphatic heterocycles. The smallest absolute Gasteiger partial charge is 0.274 e. The Morgan fingerprint density at radius 1 is 0.920 bits per heavy atom. The van der Waals surface area contributed by atoms with Crippen molar-refractivity contribution in [3.63, 3.8) is 0 Å². The fourth-order valence-corrected chi connectivity index (χ4v) is 2.74. The molecule has 0 aliphatic carbocycles. The first-order valence-electron chi connectivity index (χ1n) is 7.93. The Labute approximate surface area is 142 Å². The van der Waals surface area contributed by atoms with Crippen LogP contribution in [0.4, 0.5) is 4.39 Å². The molecule has 0 spiro atoms. The molecule has 0 amide bonds. The summed E-state index contributed by atoms with van der Waals surface area (Å²) in [5.41, 5.74) is 2.46. The number of hydrogen-bond donors (Lipinski definition) is 1. The number of rotatable bonds is 4. The number of halogens is 1. The molecule has 2 aromatic heterocycles. The first-order valence-corrected chi connectivity index (χ1v) is 7.93. The third kappa shape index (κ3) is 3.33. The lowest BCUT2D eigenvalue weighted by molar-refractivity contribution is 0.627. The summed E-state index contributed by atoms with van der Waals surface area (Å²) in [6, 6.07) is 17.6. The van der Waals surface area contributed by atoms with E-state index in [4.69, 9.17) is 0 Å². The van der Waals surface area contributed by atoms with Gasteiger partial charge in [-0.05, 0) is 23.3 Å². The predicted molar refractivity (Wildman–Crippen MR) is 92.1 cm³/mol. The summed E-state index contributed by atoms with van der Waals surface area (Å²) in [5.74, 6) is 0.667. The highest BCUT2D eigenvalue weighted by Crippen LogP contribution is 2.09. The number of fused-ring (bicyclic) bond motifs is 1. The van der Waals surface area contributed by atoms with Crippen LogP contribution in [0.25, 0.3) is 5.78 Å². The van der Waals surface area contributed by atoms with Gasteiger partial charge in [0.25, 0.3) is 11.3 Å². The molecule has 0 atom stereocenters. The molecule has 124 valence electrons. The minimum absolute atomic E-state index is 0.200. The van der Waals surface area contributed by atoms with Gasteiger partial charge in [0.05, 0.1) is 5.69 Å². The van der Waals surface area contributed by atoms with Gasteiger partial charge in [-0.1, -0.05) is 42.5 Å². The maximum Gasteiger partial charge on any atom is 0.274 e. The Morgan fingerprint density at radius 3 is 2.40 bits per heavy atom. The Kier molecular flexibility index (Phi) is 3.85. The normalized spacial score (nSPS) is 11.1. The van der Waals surface area contributed by atoms with E-state index in [1.807, 2.05) is 30.3 Å². The van der Waals surface area contributed by atoms with Gasteiger partial charge in [-0.2, -0.15) is 9.50 Å². The second kappa shape index (κ2) is 6.32. The third-order valence-corrected chi connectivity index (χ3v) is 3.94. The van der Waals surface area contributed by atoms with Crippen molar-refractivity contribution < 1.29 is 4.39 Å². The number of aromatic amines is 1. The van der Waals surface area contributed by atoms with Crippen LogP contribution < -0.4 is 5.56 Å². The highest BCUT2D eigenvalue weighted by molar-refractivity contribution is 5.32. The molecule has 0 saturated heterocycles. The van der Waals surface area contributed by atoms with Crippen molar-refractivity contribution in [1.29, 1.82) is 0 Å². The van der Waals surface area contributed by atoms with E-state index in [1.165, 1.54) is 22.7 Å². The van der Waals surface area contributed by atoms with Crippen molar-refractivity contribution >= 4 is 5.78 Å². The van der Waals surface area contributed by atoms with Crippen molar-refractivity contribution in [2.24, 2.45) is 0 Å². The molecule has 5 nitrogen and oxygen atoms in total. The second-order valence-electron chi connectivity index (χ2n) is 5.86. The second-order valence-corrected chi connectivity index (χ2v) is 5.86. The molecule has 0 saturated carbocycles. The zero-order valence-electron chi connectivity index (χ0n) is 13.3. The van der Waals surface area contributed by atoms with Crippen molar-refractivity contribution in [2.45, 2.75) is 12.8 Å². The predicted octanol–water partition coefficient (Wildman–Crippen LogP) is 2.74. The number of nitrogens with one attached hydrogen (secondary N) is 1. The van der Waals surface area contributed by atoms with Crippen LogP contribution in [0.5, 0.6) is 0 Å². The minimum Gasteiger partial charge on any atom is -0.275 e. The van der Waals surface area contributed by atoms with Crippen LogP contribution in [0.3, 0.4) is 0 Å². The molecule has 0 unspecified atom stereocenters. The van der Waals surface area contributed by atoms with Gasteiger partial charge >= 0.3 is 0 Å². The lowest BCUT2D eigenvalue weighted by atomic mass is 10.1. The molecule has 0 radical (unpaired) electrons. The van der Waals surface area contributed by atoms with Gasteiger partial charge in [0.1, 0.15) is 11.6 Å². The summed E-state index contributed by atoms with van der Waals surface area (Å²) in [6.45, 7) is 0. The Bertz CT molecular complexity index is 1070. The van der Waals surface area contributed by atoms with Crippen molar-refractivity contribution in [3.8, 4) is 0 Å². The number of benzene rings is 2. The number of aromatic nitrogens is 4. The van der Waals surface area contributed by atoms with Crippen LogP contribution in [0.1, 0.15) is 22.6 Å². The molecule has 0 bridgehead atoms. The lowest BCUT2D eigenvalue weighted by Gasteiger charge is -2.00. The maximum absolute atomic E-state index is 13.0. The molecule has 2 heterocycles. The summed E-state index contributed by atoms with van der Waals surface area (Å²) in [4.78, 5) is 21.2. The van der Waals surface area contributed by atoms with E-state index in [0.717, 1.165) is 11.1 Å². The van der Waals surface area contributed by atoms with Gasteiger partial charge in [0, 0.05) is 18.9 Å². The van der Waals surface area contributed by atoms with E-state index in [1.54, 1.807) is 12.1 Å². The monoisotopic (exact) mass is 334 g/mol. The summed E-state index contributed by atoms with van der Waals surface area (Å²) < 4.78 is 14.3. The van der Waals surface area contributed by atoms with Crippen molar-refractivity contribution in [2.75, 3.05) is 0 Å². The van der Waals surface area contributed by atoms with E-state index < -0.39 is 0 Å². The van der Waals surface area contributed by atoms with Gasteiger partial charge in [0.2, 0.25) is 0 Å². The summed E-state index contributed by atoms with van der Waals surface area (Å²) in [6.07, 6.45) is 1.05. The molecular formula is C19H15FN4O. The molecule has 4 rings (SSSR count). The average Bonchev–Trinajstić information content (AvgIpc) is 3.01. The van der Waals surface area contributed by atoms with Crippen LogP contribution in [0, 0.1) is 5.82 Å². The van der Waals surface area contributed by atoms with Crippen LogP contribution in [0.2, 0.25) is 0 Å².